The number of para-hydroxylation sites is 1. The van der Waals surface area contributed by atoms with E-state index in [1.807, 2.05) is 0 Å². The Morgan fingerprint density at radius 3 is 2.83 bits per heavy atom. The normalized spacial score (nSPS) is 9.50. The van der Waals surface area contributed by atoms with E-state index in [-0.39, 0.29) is 13.0 Å². The first kappa shape index (κ1) is 8.71. The summed E-state index contributed by atoms with van der Waals surface area (Å²) in [6.07, 6.45) is 0.355. The van der Waals surface area contributed by atoms with Gasteiger partial charge in [0.05, 0.1) is 5.69 Å². The van der Waals surface area contributed by atoms with Crippen molar-refractivity contribution in [2.75, 3.05) is 5.32 Å². The first-order chi connectivity index (χ1) is 5.74. The van der Waals surface area contributed by atoms with Gasteiger partial charge in [-0.3, -0.25) is 4.79 Å². The molecule has 0 bridgehead atoms. The Morgan fingerprint density at radius 1 is 1.58 bits per heavy atom. The Hall–Kier alpha value is -1.38. The van der Waals surface area contributed by atoms with Gasteiger partial charge >= 0.3 is 0 Å². The fourth-order valence-corrected chi connectivity index (χ4v) is 0.801. The lowest BCUT2D eigenvalue weighted by molar-refractivity contribution is -0.115. The van der Waals surface area contributed by atoms with Crippen LogP contribution in [0, 0.1) is 5.82 Å². The number of amides is 1. The summed E-state index contributed by atoms with van der Waals surface area (Å²) < 4.78 is 12.9. The molecule has 0 aliphatic rings. The minimum absolute atomic E-state index is 0. The SMILES string of the molecule is CCC(=O)Nc1ccccc1F.[HH]. The van der Waals surface area contributed by atoms with Crippen molar-refractivity contribution in [2.45, 2.75) is 13.3 Å². The molecule has 2 nitrogen and oxygen atoms in total. The number of rotatable bonds is 2. The maximum atomic E-state index is 12.9. The van der Waals surface area contributed by atoms with Crippen molar-refractivity contribution >= 4 is 11.6 Å². The summed E-state index contributed by atoms with van der Waals surface area (Å²) in [5, 5.41) is 2.45. The van der Waals surface area contributed by atoms with Gasteiger partial charge in [-0.05, 0) is 12.1 Å². The monoisotopic (exact) mass is 169 g/mol. The number of nitrogens with one attached hydrogen (secondary N) is 1. The van der Waals surface area contributed by atoms with Crippen molar-refractivity contribution in [3.8, 4) is 0 Å². The second kappa shape index (κ2) is 3.85. The predicted molar refractivity (Wildman–Crippen MR) is 47.4 cm³/mol. The van der Waals surface area contributed by atoms with Crippen LogP contribution in [0.4, 0.5) is 10.1 Å². The van der Waals surface area contributed by atoms with Crippen LogP contribution >= 0.6 is 0 Å². The van der Waals surface area contributed by atoms with Crippen molar-refractivity contribution in [1.29, 1.82) is 0 Å². The molecule has 0 spiro atoms. The maximum Gasteiger partial charge on any atom is 0.224 e. The van der Waals surface area contributed by atoms with Gasteiger partial charge in [-0.1, -0.05) is 19.1 Å². The first-order valence-corrected chi connectivity index (χ1v) is 3.78. The molecule has 0 aliphatic heterocycles. The third-order valence-corrected chi connectivity index (χ3v) is 1.47. The molecule has 0 atom stereocenters. The summed E-state index contributed by atoms with van der Waals surface area (Å²) in [6, 6.07) is 6.10. The minimum atomic E-state index is -0.403. The van der Waals surface area contributed by atoms with Gasteiger partial charge in [-0.15, -0.1) is 0 Å². The van der Waals surface area contributed by atoms with E-state index in [9.17, 15) is 9.18 Å². The van der Waals surface area contributed by atoms with Crippen molar-refractivity contribution in [1.82, 2.24) is 0 Å². The van der Waals surface area contributed by atoms with Gasteiger partial charge in [0.2, 0.25) is 5.91 Å². The van der Waals surface area contributed by atoms with Crippen LogP contribution < -0.4 is 5.32 Å². The minimum Gasteiger partial charge on any atom is -0.324 e. The second-order valence-electron chi connectivity index (χ2n) is 2.38. The number of carbonyl (C=O) groups excluding carboxylic acids is 1. The van der Waals surface area contributed by atoms with Crippen molar-refractivity contribution in [3.05, 3.63) is 30.1 Å². The molecule has 0 saturated heterocycles. The van der Waals surface area contributed by atoms with Gasteiger partial charge in [0.1, 0.15) is 5.82 Å². The number of halogens is 1. The topological polar surface area (TPSA) is 29.1 Å². The molecule has 0 saturated carbocycles. The fraction of sp³-hybridized carbons (Fsp3) is 0.222. The molecule has 0 unspecified atom stereocenters. The molecule has 0 aliphatic carbocycles. The van der Waals surface area contributed by atoms with Crippen LogP contribution in [0.3, 0.4) is 0 Å². The number of hydrogen-bond acceptors (Lipinski definition) is 1. The van der Waals surface area contributed by atoms with Crippen LogP contribution in [0.5, 0.6) is 0 Å². The lowest BCUT2D eigenvalue weighted by atomic mass is 10.3. The van der Waals surface area contributed by atoms with E-state index in [0.717, 1.165) is 0 Å². The van der Waals surface area contributed by atoms with Crippen molar-refractivity contribution < 1.29 is 10.6 Å². The summed E-state index contributed by atoms with van der Waals surface area (Å²) in [4.78, 5) is 10.9. The van der Waals surface area contributed by atoms with Gasteiger partial charge < -0.3 is 5.32 Å². The standard InChI is InChI=1S/C9H10FNO.H2/c1-2-9(12)11-8-6-4-3-5-7(8)10;/h3-6H,2H2,1H3,(H,11,12);1H. The molecule has 0 aromatic heterocycles. The second-order valence-corrected chi connectivity index (χ2v) is 2.38. The smallest absolute Gasteiger partial charge is 0.224 e. The molecular weight excluding hydrogens is 157 g/mol. The van der Waals surface area contributed by atoms with Crippen LogP contribution in [0.2, 0.25) is 0 Å². The zero-order valence-electron chi connectivity index (χ0n) is 6.80. The van der Waals surface area contributed by atoms with E-state index < -0.39 is 5.82 Å². The van der Waals surface area contributed by atoms with E-state index in [0.29, 0.717) is 6.42 Å². The highest BCUT2D eigenvalue weighted by Gasteiger charge is 2.02. The Kier molecular flexibility index (Phi) is 2.80. The summed E-state index contributed by atoms with van der Waals surface area (Å²) >= 11 is 0. The van der Waals surface area contributed by atoms with Crippen LogP contribution in [0.15, 0.2) is 24.3 Å². The van der Waals surface area contributed by atoms with Gasteiger partial charge in [-0.2, -0.15) is 0 Å². The molecule has 1 amide bonds. The molecule has 0 fully saturated rings. The Bertz CT molecular complexity index is 291. The molecule has 1 rings (SSSR count). The lowest BCUT2D eigenvalue weighted by Crippen LogP contribution is -2.10. The summed E-state index contributed by atoms with van der Waals surface area (Å²) in [5.74, 6) is -0.584. The molecule has 0 heterocycles. The molecule has 66 valence electrons. The largest absolute Gasteiger partial charge is 0.324 e. The molecule has 12 heavy (non-hydrogen) atoms. The number of hydrogen-bond donors (Lipinski definition) is 1. The third-order valence-electron chi connectivity index (χ3n) is 1.47. The number of benzene rings is 1. The van der Waals surface area contributed by atoms with Crippen LogP contribution in [-0.4, -0.2) is 5.91 Å². The Labute approximate surface area is 71.9 Å². The average Bonchev–Trinajstić information content (AvgIpc) is 2.09. The maximum absolute atomic E-state index is 12.9. The summed E-state index contributed by atoms with van der Waals surface area (Å²) in [5.41, 5.74) is 0.240. The van der Waals surface area contributed by atoms with E-state index in [1.54, 1.807) is 19.1 Å². The van der Waals surface area contributed by atoms with Crippen molar-refractivity contribution in [2.24, 2.45) is 0 Å². The average molecular weight is 169 g/mol. The highest BCUT2D eigenvalue weighted by molar-refractivity contribution is 5.90. The molecular formula is C9H12FNO. The summed E-state index contributed by atoms with van der Waals surface area (Å²) in [7, 11) is 0. The number of carbonyl (C=O) groups is 1. The van der Waals surface area contributed by atoms with E-state index >= 15 is 0 Å². The van der Waals surface area contributed by atoms with E-state index in [4.69, 9.17) is 0 Å². The molecule has 0 radical (unpaired) electrons. The Balaban J connectivity index is 0.00000144. The van der Waals surface area contributed by atoms with Crippen LogP contribution in [0.25, 0.3) is 0 Å². The van der Waals surface area contributed by atoms with Gasteiger partial charge in [-0.25, -0.2) is 4.39 Å². The van der Waals surface area contributed by atoms with Crippen molar-refractivity contribution in [3.63, 3.8) is 0 Å². The van der Waals surface area contributed by atoms with Gasteiger partial charge in [0.25, 0.3) is 0 Å². The van der Waals surface area contributed by atoms with E-state index in [2.05, 4.69) is 5.32 Å². The van der Waals surface area contributed by atoms with Crippen LogP contribution in [0.1, 0.15) is 14.8 Å². The fourth-order valence-electron chi connectivity index (χ4n) is 0.801. The zero-order chi connectivity index (χ0) is 8.97. The molecule has 1 aromatic carbocycles. The Morgan fingerprint density at radius 2 is 2.25 bits per heavy atom. The highest BCUT2D eigenvalue weighted by atomic mass is 19.1. The predicted octanol–water partition coefficient (Wildman–Crippen LogP) is 2.42. The lowest BCUT2D eigenvalue weighted by Gasteiger charge is -2.03. The van der Waals surface area contributed by atoms with Crippen LogP contribution in [-0.2, 0) is 4.79 Å². The highest BCUT2D eigenvalue weighted by Crippen LogP contribution is 2.12. The third kappa shape index (κ3) is 2.05. The summed E-state index contributed by atoms with van der Waals surface area (Å²) in [6.45, 7) is 1.72. The number of anilines is 1. The van der Waals surface area contributed by atoms with Gasteiger partial charge in [0.15, 0.2) is 0 Å². The molecule has 1 N–H and O–H groups in total. The van der Waals surface area contributed by atoms with E-state index in [1.165, 1.54) is 12.1 Å². The molecule has 1 aromatic rings. The van der Waals surface area contributed by atoms with Gasteiger partial charge in [0, 0.05) is 7.85 Å². The molecule has 3 heteroatoms. The quantitative estimate of drug-likeness (QED) is 0.723. The zero-order valence-corrected chi connectivity index (χ0v) is 6.80. The first-order valence-electron chi connectivity index (χ1n) is 3.78.